The first-order valence-corrected chi connectivity index (χ1v) is 8.45. The number of amides is 1. The van der Waals surface area contributed by atoms with Gasteiger partial charge in [0.25, 0.3) is 5.91 Å². The summed E-state index contributed by atoms with van der Waals surface area (Å²) >= 11 is 0. The lowest BCUT2D eigenvalue weighted by atomic mass is 10.1. The van der Waals surface area contributed by atoms with E-state index in [1.807, 2.05) is 11.8 Å². The minimum Gasteiger partial charge on any atom is -0.333 e. The Morgan fingerprint density at radius 3 is 2.55 bits per heavy atom. The van der Waals surface area contributed by atoms with Crippen molar-refractivity contribution in [3.05, 3.63) is 29.8 Å². The van der Waals surface area contributed by atoms with Crippen molar-refractivity contribution >= 4 is 15.7 Å². The van der Waals surface area contributed by atoms with Gasteiger partial charge in [-0.3, -0.25) is 4.79 Å². The summed E-state index contributed by atoms with van der Waals surface area (Å²) in [5.41, 5.74) is 0.536. The molecule has 0 aliphatic carbocycles. The number of carbonyl (C=O) groups is 1. The summed E-state index contributed by atoms with van der Waals surface area (Å²) in [6.07, 6.45) is 0. The van der Waals surface area contributed by atoms with Crippen LogP contribution >= 0.6 is 0 Å². The fraction of sp³-hybridized carbons (Fsp3) is 0.500. The Balaban J connectivity index is 2.19. The van der Waals surface area contributed by atoms with Crippen LogP contribution in [0.25, 0.3) is 0 Å². The van der Waals surface area contributed by atoms with Gasteiger partial charge in [0.15, 0.2) is 9.84 Å². The fourth-order valence-electron chi connectivity index (χ4n) is 2.28. The molecule has 6 heteroatoms. The lowest BCUT2D eigenvalue weighted by Crippen LogP contribution is -2.52. The molecule has 0 radical (unpaired) electrons. The fourth-order valence-corrected chi connectivity index (χ4v) is 3.16. The van der Waals surface area contributed by atoms with Gasteiger partial charge in [-0.25, -0.2) is 8.42 Å². The van der Waals surface area contributed by atoms with E-state index in [1.165, 1.54) is 12.1 Å². The third-order valence-corrected chi connectivity index (χ3v) is 5.35. The van der Waals surface area contributed by atoms with Gasteiger partial charge in [-0.2, -0.15) is 0 Å². The van der Waals surface area contributed by atoms with Gasteiger partial charge < -0.3 is 10.2 Å². The molecule has 2 rings (SSSR count). The van der Waals surface area contributed by atoms with Gasteiger partial charge in [0.05, 0.1) is 10.6 Å². The average Bonchev–Trinajstić information content (AvgIpc) is 2.47. The molecule has 20 heavy (non-hydrogen) atoms. The molecular weight excluding hydrogens is 276 g/mol. The Morgan fingerprint density at radius 2 is 2.00 bits per heavy atom. The van der Waals surface area contributed by atoms with Crippen LogP contribution in [0.2, 0.25) is 0 Å². The third kappa shape index (κ3) is 3.02. The summed E-state index contributed by atoms with van der Waals surface area (Å²) in [5, 5.41) is 3.23. The topological polar surface area (TPSA) is 66.5 Å². The number of nitrogens with zero attached hydrogens (tertiary/aromatic N) is 1. The van der Waals surface area contributed by atoms with Gasteiger partial charge in [0, 0.05) is 31.2 Å². The highest BCUT2D eigenvalue weighted by atomic mass is 32.2. The second-order valence-corrected chi connectivity index (χ2v) is 7.26. The molecule has 5 nitrogen and oxygen atoms in total. The van der Waals surface area contributed by atoms with Crippen molar-refractivity contribution in [1.29, 1.82) is 0 Å². The molecule has 0 spiro atoms. The summed E-state index contributed by atoms with van der Waals surface area (Å²) in [4.78, 5) is 14.5. The Morgan fingerprint density at radius 1 is 1.35 bits per heavy atom. The van der Waals surface area contributed by atoms with E-state index < -0.39 is 9.84 Å². The Kier molecular flexibility index (Phi) is 4.45. The molecular formula is C14H20N2O3S. The van der Waals surface area contributed by atoms with Crippen LogP contribution in [0, 0.1) is 0 Å². The van der Waals surface area contributed by atoms with Gasteiger partial charge in [-0.05, 0) is 31.2 Å². The summed E-state index contributed by atoms with van der Waals surface area (Å²) in [5.74, 6) is 0.0224. The van der Waals surface area contributed by atoms with Crippen LogP contribution in [-0.4, -0.2) is 50.7 Å². The molecule has 1 atom stereocenters. The first-order chi connectivity index (χ1) is 9.45. The number of rotatable bonds is 3. The first kappa shape index (κ1) is 15.0. The van der Waals surface area contributed by atoms with Crippen LogP contribution in [0.1, 0.15) is 24.2 Å². The monoisotopic (exact) mass is 296 g/mol. The molecule has 1 fully saturated rings. The van der Waals surface area contributed by atoms with Gasteiger partial charge in [-0.1, -0.05) is 6.92 Å². The van der Waals surface area contributed by atoms with E-state index in [9.17, 15) is 13.2 Å². The first-order valence-electron chi connectivity index (χ1n) is 6.80. The maximum atomic E-state index is 12.4. The Labute approximate surface area is 119 Å². The molecule has 1 N–H and O–H groups in total. The van der Waals surface area contributed by atoms with E-state index in [-0.39, 0.29) is 22.6 Å². The summed E-state index contributed by atoms with van der Waals surface area (Å²) in [6.45, 7) is 5.86. The highest BCUT2D eigenvalue weighted by molar-refractivity contribution is 7.91. The summed E-state index contributed by atoms with van der Waals surface area (Å²) in [6, 6.07) is 6.37. The van der Waals surface area contributed by atoms with E-state index in [0.29, 0.717) is 12.1 Å². The predicted molar refractivity (Wildman–Crippen MR) is 77.5 cm³/mol. The largest absolute Gasteiger partial charge is 0.333 e. The van der Waals surface area contributed by atoms with Gasteiger partial charge in [-0.15, -0.1) is 0 Å². The lowest BCUT2D eigenvalue weighted by Gasteiger charge is -2.34. The minimum atomic E-state index is -3.21. The highest BCUT2D eigenvalue weighted by Gasteiger charge is 2.24. The molecule has 1 aliphatic heterocycles. The van der Waals surface area contributed by atoms with Crippen molar-refractivity contribution in [3.8, 4) is 0 Å². The number of hydrogen-bond donors (Lipinski definition) is 1. The van der Waals surface area contributed by atoms with E-state index in [1.54, 1.807) is 19.1 Å². The van der Waals surface area contributed by atoms with E-state index >= 15 is 0 Å². The normalized spacial score (nSPS) is 19.9. The maximum absolute atomic E-state index is 12.4. The smallest absolute Gasteiger partial charge is 0.254 e. The molecule has 1 aromatic rings. The summed E-state index contributed by atoms with van der Waals surface area (Å²) in [7, 11) is -3.21. The molecule has 110 valence electrons. The number of sulfone groups is 1. The zero-order valence-corrected chi connectivity index (χ0v) is 12.6. The van der Waals surface area contributed by atoms with Crippen molar-refractivity contribution in [2.75, 3.05) is 25.4 Å². The molecule has 0 bridgehead atoms. The van der Waals surface area contributed by atoms with Gasteiger partial charge in [0.2, 0.25) is 0 Å². The number of hydrogen-bond acceptors (Lipinski definition) is 4. The number of carbonyl (C=O) groups excluding carboxylic acids is 1. The van der Waals surface area contributed by atoms with Crippen molar-refractivity contribution in [3.63, 3.8) is 0 Å². The standard InChI is InChI=1S/C14H20N2O3S/c1-3-20(18,19)13-6-4-12(5-7-13)14(17)16-9-8-15-10-11(16)2/h4-7,11,15H,3,8-10H2,1-2H3. The van der Waals surface area contributed by atoms with Crippen molar-refractivity contribution in [2.45, 2.75) is 24.8 Å². The number of nitrogens with one attached hydrogen (secondary N) is 1. The number of benzene rings is 1. The zero-order valence-electron chi connectivity index (χ0n) is 11.8. The Hall–Kier alpha value is -1.40. The second kappa shape index (κ2) is 5.93. The third-order valence-electron chi connectivity index (χ3n) is 3.60. The van der Waals surface area contributed by atoms with Crippen molar-refractivity contribution < 1.29 is 13.2 Å². The molecule has 1 heterocycles. The molecule has 1 aromatic carbocycles. The lowest BCUT2D eigenvalue weighted by molar-refractivity contribution is 0.0655. The van der Waals surface area contributed by atoms with E-state index in [2.05, 4.69) is 5.32 Å². The van der Waals surface area contributed by atoms with Crippen LogP contribution < -0.4 is 5.32 Å². The van der Waals surface area contributed by atoms with Crippen molar-refractivity contribution in [2.24, 2.45) is 0 Å². The van der Waals surface area contributed by atoms with Crippen LogP contribution in [0.4, 0.5) is 0 Å². The Bertz CT molecular complexity index is 581. The van der Waals surface area contributed by atoms with Crippen LogP contribution in [0.5, 0.6) is 0 Å². The molecule has 1 aliphatic rings. The predicted octanol–water partition coefficient (Wildman–Crippen LogP) is 0.914. The van der Waals surface area contributed by atoms with Crippen molar-refractivity contribution in [1.82, 2.24) is 10.2 Å². The maximum Gasteiger partial charge on any atom is 0.254 e. The van der Waals surface area contributed by atoms with Crippen LogP contribution in [0.3, 0.4) is 0 Å². The van der Waals surface area contributed by atoms with E-state index in [4.69, 9.17) is 0 Å². The molecule has 0 saturated carbocycles. The summed E-state index contributed by atoms with van der Waals surface area (Å²) < 4.78 is 23.5. The minimum absolute atomic E-state index is 0.0422. The zero-order chi connectivity index (χ0) is 14.8. The quantitative estimate of drug-likeness (QED) is 0.900. The average molecular weight is 296 g/mol. The van der Waals surface area contributed by atoms with Gasteiger partial charge >= 0.3 is 0 Å². The molecule has 0 aromatic heterocycles. The molecule has 1 saturated heterocycles. The second-order valence-electron chi connectivity index (χ2n) is 4.98. The highest BCUT2D eigenvalue weighted by Crippen LogP contribution is 2.15. The van der Waals surface area contributed by atoms with Gasteiger partial charge in [0.1, 0.15) is 0 Å². The molecule has 1 amide bonds. The van der Waals surface area contributed by atoms with E-state index in [0.717, 1.165) is 13.1 Å². The van der Waals surface area contributed by atoms with Crippen LogP contribution in [0.15, 0.2) is 29.2 Å². The molecule has 1 unspecified atom stereocenters. The number of piperazine rings is 1. The SMILES string of the molecule is CCS(=O)(=O)c1ccc(C(=O)N2CCNCC2C)cc1. The van der Waals surface area contributed by atoms with Crippen LogP contribution in [-0.2, 0) is 9.84 Å².